The van der Waals surface area contributed by atoms with Gasteiger partial charge in [-0.05, 0) is 44.0 Å². The summed E-state index contributed by atoms with van der Waals surface area (Å²) in [6, 6.07) is 5.97. The molecule has 1 N–H and O–H groups in total. The normalized spacial score (nSPS) is 14.8. The molecule has 1 aliphatic rings. The Morgan fingerprint density at radius 2 is 2.24 bits per heavy atom. The van der Waals surface area contributed by atoms with E-state index in [1.807, 2.05) is 26.0 Å². The molecular weight excluding hydrogens is 214 g/mol. The lowest BCUT2D eigenvalue weighted by atomic mass is 9.97. The fraction of sp³-hybridized carbons (Fsp3) is 0.500. The highest BCUT2D eigenvalue weighted by Gasteiger charge is 2.12. The van der Waals surface area contributed by atoms with E-state index in [1.54, 1.807) is 0 Å². The van der Waals surface area contributed by atoms with Crippen molar-refractivity contribution in [2.45, 2.75) is 32.9 Å². The number of carbonyl (C=O) groups is 1. The Kier molecular flexibility index (Phi) is 3.92. The van der Waals surface area contributed by atoms with E-state index in [-0.39, 0.29) is 18.5 Å². The first kappa shape index (κ1) is 12.3. The number of hydrogen-bond acceptors (Lipinski definition) is 3. The Labute approximate surface area is 102 Å². The molecule has 0 radical (unpaired) electrons. The number of Topliss-reactive ketones (excluding diaryl/α,β-unsaturated/α-hetero) is 1. The molecule has 1 aromatic carbocycles. The Morgan fingerprint density at radius 3 is 3.00 bits per heavy atom. The molecule has 1 heterocycles. The van der Waals surface area contributed by atoms with Gasteiger partial charge in [0, 0.05) is 12.1 Å². The molecule has 0 fully saturated rings. The third kappa shape index (κ3) is 3.14. The van der Waals surface area contributed by atoms with Gasteiger partial charge >= 0.3 is 0 Å². The van der Waals surface area contributed by atoms with Crippen molar-refractivity contribution in [3.8, 4) is 0 Å². The van der Waals surface area contributed by atoms with Crippen molar-refractivity contribution in [2.24, 2.45) is 0 Å². The largest absolute Gasteiger partial charge is 0.371 e. The summed E-state index contributed by atoms with van der Waals surface area (Å²) in [5.74, 6) is 0.0621. The lowest BCUT2D eigenvalue weighted by Gasteiger charge is -2.17. The molecule has 1 aromatic rings. The lowest BCUT2D eigenvalue weighted by molar-refractivity contribution is 0.0584. The van der Waals surface area contributed by atoms with E-state index in [0.717, 1.165) is 25.1 Å². The van der Waals surface area contributed by atoms with Crippen LogP contribution in [0.3, 0.4) is 0 Å². The van der Waals surface area contributed by atoms with E-state index in [4.69, 9.17) is 4.74 Å². The van der Waals surface area contributed by atoms with E-state index in [9.17, 15) is 4.79 Å². The molecule has 17 heavy (non-hydrogen) atoms. The minimum atomic E-state index is 0.0621. The molecule has 3 nitrogen and oxygen atoms in total. The second-order valence-electron chi connectivity index (χ2n) is 4.69. The van der Waals surface area contributed by atoms with Gasteiger partial charge in [0.25, 0.3) is 0 Å². The van der Waals surface area contributed by atoms with E-state index in [2.05, 4.69) is 11.4 Å². The summed E-state index contributed by atoms with van der Waals surface area (Å²) in [6.45, 7) is 5.93. The van der Waals surface area contributed by atoms with Gasteiger partial charge in [-0.3, -0.25) is 4.79 Å². The predicted octanol–water partition coefficient (Wildman–Crippen LogP) is 1.94. The van der Waals surface area contributed by atoms with Crippen LogP contribution in [0, 0.1) is 0 Å². The van der Waals surface area contributed by atoms with Crippen LogP contribution in [0.1, 0.15) is 35.3 Å². The standard InChI is InChI=1S/C14H19NO2/c1-10(2)17-9-14(16)12-4-3-11-5-6-15-8-13(11)7-12/h3-4,7,10,15H,5-6,8-9H2,1-2H3. The van der Waals surface area contributed by atoms with Gasteiger partial charge in [-0.25, -0.2) is 0 Å². The number of hydrogen-bond donors (Lipinski definition) is 1. The van der Waals surface area contributed by atoms with Crippen molar-refractivity contribution in [1.29, 1.82) is 0 Å². The van der Waals surface area contributed by atoms with Crippen LogP contribution in [-0.2, 0) is 17.7 Å². The molecule has 0 saturated heterocycles. The topological polar surface area (TPSA) is 38.3 Å². The average Bonchev–Trinajstić information content (AvgIpc) is 2.35. The molecule has 0 saturated carbocycles. The van der Waals surface area contributed by atoms with E-state index in [1.165, 1.54) is 11.1 Å². The van der Waals surface area contributed by atoms with Crippen LogP contribution < -0.4 is 5.32 Å². The van der Waals surface area contributed by atoms with Crippen molar-refractivity contribution < 1.29 is 9.53 Å². The molecule has 0 atom stereocenters. The van der Waals surface area contributed by atoms with Gasteiger partial charge in [0.2, 0.25) is 0 Å². The number of ether oxygens (including phenoxy) is 1. The van der Waals surface area contributed by atoms with Gasteiger partial charge in [-0.15, -0.1) is 0 Å². The third-order valence-corrected chi connectivity index (χ3v) is 2.96. The van der Waals surface area contributed by atoms with Gasteiger partial charge in [0.15, 0.2) is 5.78 Å². The van der Waals surface area contributed by atoms with E-state index >= 15 is 0 Å². The van der Waals surface area contributed by atoms with Crippen LogP contribution in [0.15, 0.2) is 18.2 Å². The van der Waals surface area contributed by atoms with Crippen molar-refractivity contribution in [3.05, 3.63) is 34.9 Å². The molecule has 0 bridgehead atoms. The molecule has 1 aliphatic heterocycles. The lowest BCUT2D eigenvalue weighted by Crippen LogP contribution is -2.24. The first-order valence-electron chi connectivity index (χ1n) is 6.14. The van der Waals surface area contributed by atoms with Crippen LogP contribution in [0.5, 0.6) is 0 Å². The maximum absolute atomic E-state index is 11.9. The smallest absolute Gasteiger partial charge is 0.188 e. The number of carbonyl (C=O) groups excluding carboxylic acids is 1. The second-order valence-corrected chi connectivity index (χ2v) is 4.69. The third-order valence-electron chi connectivity index (χ3n) is 2.96. The summed E-state index contributed by atoms with van der Waals surface area (Å²) in [5, 5.41) is 3.31. The monoisotopic (exact) mass is 233 g/mol. The van der Waals surface area contributed by atoms with Crippen LogP contribution in [0.2, 0.25) is 0 Å². The highest BCUT2D eigenvalue weighted by molar-refractivity contribution is 5.97. The molecule has 2 rings (SSSR count). The zero-order valence-corrected chi connectivity index (χ0v) is 10.5. The first-order valence-corrected chi connectivity index (χ1v) is 6.14. The Balaban J connectivity index is 2.08. The average molecular weight is 233 g/mol. The van der Waals surface area contributed by atoms with E-state index < -0.39 is 0 Å². The van der Waals surface area contributed by atoms with Crippen LogP contribution in [0.4, 0.5) is 0 Å². The van der Waals surface area contributed by atoms with Crippen molar-refractivity contribution in [3.63, 3.8) is 0 Å². The summed E-state index contributed by atoms with van der Waals surface area (Å²) >= 11 is 0. The molecule has 0 unspecified atom stereocenters. The van der Waals surface area contributed by atoms with Gasteiger partial charge in [-0.2, -0.15) is 0 Å². The quantitative estimate of drug-likeness (QED) is 0.808. The molecule has 0 spiro atoms. The summed E-state index contributed by atoms with van der Waals surface area (Å²) < 4.78 is 5.34. The van der Waals surface area contributed by atoms with Gasteiger partial charge in [-0.1, -0.05) is 12.1 Å². The predicted molar refractivity (Wildman–Crippen MR) is 67.3 cm³/mol. The highest BCUT2D eigenvalue weighted by Crippen LogP contribution is 2.16. The maximum Gasteiger partial charge on any atom is 0.188 e. The number of rotatable bonds is 4. The number of ketones is 1. The van der Waals surface area contributed by atoms with Gasteiger partial charge in [0.05, 0.1) is 6.10 Å². The van der Waals surface area contributed by atoms with Crippen molar-refractivity contribution >= 4 is 5.78 Å². The fourth-order valence-electron chi connectivity index (χ4n) is 1.98. The highest BCUT2D eigenvalue weighted by atomic mass is 16.5. The first-order chi connectivity index (χ1) is 8.16. The fourth-order valence-corrected chi connectivity index (χ4v) is 1.98. The summed E-state index contributed by atoms with van der Waals surface area (Å²) in [7, 11) is 0. The number of nitrogens with one attached hydrogen (secondary N) is 1. The van der Waals surface area contributed by atoms with Crippen molar-refractivity contribution in [1.82, 2.24) is 5.32 Å². The molecule has 0 aliphatic carbocycles. The second kappa shape index (κ2) is 5.43. The molecular formula is C14H19NO2. The number of benzene rings is 1. The summed E-state index contributed by atoms with van der Waals surface area (Å²) in [6.07, 6.45) is 1.14. The Bertz CT molecular complexity index is 413. The Morgan fingerprint density at radius 1 is 1.41 bits per heavy atom. The zero-order chi connectivity index (χ0) is 12.3. The minimum absolute atomic E-state index is 0.0621. The van der Waals surface area contributed by atoms with Gasteiger partial charge < -0.3 is 10.1 Å². The SMILES string of the molecule is CC(C)OCC(=O)c1ccc2c(c1)CNCC2. The molecule has 3 heteroatoms. The Hall–Kier alpha value is -1.19. The van der Waals surface area contributed by atoms with Crippen LogP contribution in [-0.4, -0.2) is 25.0 Å². The summed E-state index contributed by atoms with van der Waals surface area (Å²) in [5.41, 5.74) is 3.35. The zero-order valence-electron chi connectivity index (χ0n) is 10.5. The molecule has 0 aromatic heterocycles. The maximum atomic E-state index is 11.9. The summed E-state index contributed by atoms with van der Waals surface area (Å²) in [4.78, 5) is 11.9. The van der Waals surface area contributed by atoms with Crippen LogP contribution >= 0.6 is 0 Å². The number of fused-ring (bicyclic) bond motifs is 1. The molecule has 0 amide bonds. The van der Waals surface area contributed by atoms with E-state index in [0.29, 0.717) is 0 Å². The van der Waals surface area contributed by atoms with Crippen molar-refractivity contribution in [2.75, 3.05) is 13.2 Å². The minimum Gasteiger partial charge on any atom is -0.371 e. The molecule has 92 valence electrons. The van der Waals surface area contributed by atoms with Crippen LogP contribution in [0.25, 0.3) is 0 Å². The van der Waals surface area contributed by atoms with Gasteiger partial charge in [0.1, 0.15) is 6.61 Å².